The molecular formula is C20H31NO2. The summed E-state index contributed by atoms with van der Waals surface area (Å²) >= 11 is 0. The Labute approximate surface area is 140 Å². The molecule has 3 nitrogen and oxygen atoms in total. The summed E-state index contributed by atoms with van der Waals surface area (Å²) in [5.74, 6) is 2.43. The molecule has 8 atom stereocenters. The highest BCUT2D eigenvalue weighted by Gasteiger charge is 2.62. The largest absolute Gasteiger partial charge is 0.393 e. The molecule has 3 fully saturated rings. The number of carbonyl (C=O) groups is 1. The predicted octanol–water partition coefficient (Wildman–Crippen LogP) is 3.23. The van der Waals surface area contributed by atoms with Gasteiger partial charge in [0.15, 0.2) is 0 Å². The van der Waals surface area contributed by atoms with Crippen LogP contribution in [-0.2, 0) is 4.79 Å². The summed E-state index contributed by atoms with van der Waals surface area (Å²) in [7, 11) is 1.91. The summed E-state index contributed by atoms with van der Waals surface area (Å²) in [5, 5.41) is 11.0. The van der Waals surface area contributed by atoms with Gasteiger partial charge in [-0.1, -0.05) is 26.8 Å². The topological polar surface area (TPSA) is 40.5 Å². The number of nitrogens with zero attached hydrogens (tertiary/aromatic N) is 1. The molecule has 1 amide bonds. The minimum Gasteiger partial charge on any atom is -0.393 e. The Morgan fingerprint density at radius 3 is 2.70 bits per heavy atom. The van der Waals surface area contributed by atoms with Gasteiger partial charge in [0.1, 0.15) is 0 Å². The Morgan fingerprint density at radius 2 is 1.96 bits per heavy atom. The number of aliphatic hydroxyl groups excluding tert-OH is 1. The number of likely N-dealkylation sites (N-methyl/N-ethyl adjacent to an activating group) is 1. The van der Waals surface area contributed by atoms with E-state index in [1.807, 2.05) is 11.9 Å². The van der Waals surface area contributed by atoms with Gasteiger partial charge in [-0.2, -0.15) is 0 Å². The third kappa shape index (κ3) is 1.89. The fourth-order valence-corrected chi connectivity index (χ4v) is 6.94. The van der Waals surface area contributed by atoms with E-state index >= 15 is 0 Å². The van der Waals surface area contributed by atoms with E-state index in [0.717, 1.165) is 12.3 Å². The van der Waals surface area contributed by atoms with Gasteiger partial charge in [-0.15, -0.1) is 0 Å². The maximum Gasteiger partial charge on any atom is 0.246 e. The summed E-state index contributed by atoms with van der Waals surface area (Å²) in [6.45, 7) is 7.22. The van der Waals surface area contributed by atoms with Crippen molar-refractivity contribution in [3.63, 3.8) is 0 Å². The van der Waals surface area contributed by atoms with Crippen LogP contribution in [0.4, 0.5) is 0 Å². The van der Waals surface area contributed by atoms with Gasteiger partial charge in [0, 0.05) is 18.5 Å². The third-order valence-electron chi connectivity index (χ3n) is 8.63. The molecule has 0 aromatic rings. The van der Waals surface area contributed by atoms with Crippen LogP contribution in [0.3, 0.4) is 0 Å². The van der Waals surface area contributed by atoms with Crippen molar-refractivity contribution in [2.45, 2.75) is 65.0 Å². The minimum absolute atomic E-state index is 0.0275. The normalized spacial score (nSPS) is 55.3. The summed E-state index contributed by atoms with van der Waals surface area (Å²) in [5.41, 5.74) is 0.436. The molecule has 3 aliphatic carbocycles. The van der Waals surface area contributed by atoms with Crippen molar-refractivity contribution in [2.75, 3.05) is 7.05 Å². The van der Waals surface area contributed by atoms with E-state index in [-0.39, 0.29) is 23.5 Å². The molecule has 0 saturated heterocycles. The number of carbonyl (C=O) groups excluding carboxylic acids is 1. The second-order valence-corrected chi connectivity index (χ2v) is 9.28. The number of rotatable bonds is 0. The molecule has 1 heterocycles. The second kappa shape index (κ2) is 4.84. The Balaban J connectivity index is 1.74. The van der Waals surface area contributed by atoms with Crippen LogP contribution in [0.25, 0.3) is 0 Å². The Bertz CT molecular complexity index is 558. The quantitative estimate of drug-likeness (QED) is 0.745. The van der Waals surface area contributed by atoms with Gasteiger partial charge in [0.25, 0.3) is 0 Å². The molecule has 0 bridgehead atoms. The van der Waals surface area contributed by atoms with Crippen molar-refractivity contribution in [1.29, 1.82) is 0 Å². The average Bonchev–Trinajstić information content (AvgIpc) is 2.82. The molecule has 0 spiro atoms. The first-order valence-electron chi connectivity index (χ1n) is 9.43. The molecule has 128 valence electrons. The Hall–Kier alpha value is -0.830. The molecule has 0 aromatic carbocycles. The van der Waals surface area contributed by atoms with Gasteiger partial charge in [0.2, 0.25) is 5.91 Å². The molecule has 4 rings (SSSR count). The average molecular weight is 317 g/mol. The zero-order valence-corrected chi connectivity index (χ0v) is 15.0. The van der Waals surface area contributed by atoms with Crippen molar-refractivity contribution in [2.24, 2.45) is 34.5 Å². The molecule has 0 aromatic heterocycles. The summed E-state index contributed by atoms with van der Waals surface area (Å²) < 4.78 is 0. The molecule has 3 saturated carbocycles. The van der Waals surface area contributed by atoms with E-state index in [1.165, 1.54) is 25.7 Å². The zero-order valence-electron chi connectivity index (χ0n) is 15.0. The summed E-state index contributed by atoms with van der Waals surface area (Å²) in [6, 6.07) is 0.152. The van der Waals surface area contributed by atoms with E-state index in [0.29, 0.717) is 23.2 Å². The lowest BCUT2D eigenvalue weighted by Crippen LogP contribution is -2.63. The molecule has 3 unspecified atom stereocenters. The van der Waals surface area contributed by atoms with Gasteiger partial charge >= 0.3 is 0 Å². The zero-order chi connectivity index (χ0) is 16.6. The number of hydrogen-bond acceptors (Lipinski definition) is 2. The molecular weight excluding hydrogens is 286 g/mol. The van der Waals surface area contributed by atoms with Crippen LogP contribution in [0.15, 0.2) is 12.2 Å². The standard InChI is InChI=1S/C20H31NO2/c1-12-5-6-13-18-14(7-9-19(12,13)2)20(3)10-8-17(23)21(4)16(20)11-15(18)22/h8,10,12-16,18,22H,5-7,9,11H2,1-4H3/t12?,13-,14+,15?,16?,18-,19+,20+/m0/s1. The number of aliphatic hydroxyl groups is 1. The van der Waals surface area contributed by atoms with Crippen LogP contribution in [0, 0.1) is 34.5 Å². The summed E-state index contributed by atoms with van der Waals surface area (Å²) in [4.78, 5) is 14.0. The van der Waals surface area contributed by atoms with Crippen molar-refractivity contribution < 1.29 is 9.90 Å². The molecule has 3 heteroatoms. The minimum atomic E-state index is -0.255. The van der Waals surface area contributed by atoms with E-state index < -0.39 is 0 Å². The van der Waals surface area contributed by atoms with Crippen LogP contribution in [0.1, 0.15) is 52.9 Å². The molecule has 4 aliphatic rings. The van der Waals surface area contributed by atoms with Crippen LogP contribution in [0.5, 0.6) is 0 Å². The monoisotopic (exact) mass is 317 g/mol. The number of fused-ring (bicyclic) bond motifs is 5. The highest BCUT2D eigenvalue weighted by molar-refractivity contribution is 5.89. The highest BCUT2D eigenvalue weighted by atomic mass is 16.3. The van der Waals surface area contributed by atoms with Gasteiger partial charge in [-0.05, 0) is 67.3 Å². The summed E-state index contributed by atoms with van der Waals surface area (Å²) in [6.07, 6.45) is 9.50. The number of hydrogen-bond donors (Lipinski definition) is 1. The second-order valence-electron chi connectivity index (χ2n) is 9.28. The highest BCUT2D eigenvalue weighted by Crippen LogP contribution is 2.65. The van der Waals surface area contributed by atoms with Gasteiger partial charge < -0.3 is 10.0 Å². The molecule has 1 aliphatic heterocycles. The first-order chi connectivity index (χ1) is 10.8. The Morgan fingerprint density at radius 1 is 1.22 bits per heavy atom. The maximum atomic E-state index is 12.1. The SMILES string of the molecule is CC1CC[C@H]2[C@@H]3C(O)CC4N(C)C(=O)C=C[C@]4(C)[C@@H]3CC[C@]12C. The van der Waals surface area contributed by atoms with E-state index in [9.17, 15) is 9.90 Å². The number of amides is 1. The van der Waals surface area contributed by atoms with E-state index in [4.69, 9.17) is 0 Å². The molecule has 23 heavy (non-hydrogen) atoms. The first-order valence-corrected chi connectivity index (χ1v) is 9.43. The van der Waals surface area contributed by atoms with Gasteiger partial charge in [-0.3, -0.25) is 4.79 Å². The van der Waals surface area contributed by atoms with Crippen molar-refractivity contribution in [3.8, 4) is 0 Å². The fourth-order valence-electron chi connectivity index (χ4n) is 6.94. The predicted molar refractivity (Wildman–Crippen MR) is 90.6 cm³/mol. The van der Waals surface area contributed by atoms with Crippen LogP contribution >= 0.6 is 0 Å². The van der Waals surface area contributed by atoms with Crippen molar-refractivity contribution in [3.05, 3.63) is 12.2 Å². The molecule has 0 radical (unpaired) electrons. The van der Waals surface area contributed by atoms with Crippen LogP contribution in [0.2, 0.25) is 0 Å². The van der Waals surface area contributed by atoms with Crippen molar-refractivity contribution in [1.82, 2.24) is 4.90 Å². The van der Waals surface area contributed by atoms with E-state index in [1.54, 1.807) is 6.08 Å². The van der Waals surface area contributed by atoms with Crippen LogP contribution in [-0.4, -0.2) is 35.1 Å². The lowest BCUT2D eigenvalue weighted by atomic mass is 9.47. The maximum absolute atomic E-state index is 12.1. The Kier molecular flexibility index (Phi) is 3.30. The first kappa shape index (κ1) is 15.7. The lowest BCUT2D eigenvalue weighted by Gasteiger charge is -2.61. The van der Waals surface area contributed by atoms with Gasteiger partial charge in [-0.25, -0.2) is 0 Å². The van der Waals surface area contributed by atoms with E-state index in [2.05, 4.69) is 26.8 Å². The van der Waals surface area contributed by atoms with Crippen LogP contribution < -0.4 is 0 Å². The van der Waals surface area contributed by atoms with Gasteiger partial charge in [0.05, 0.1) is 6.10 Å². The van der Waals surface area contributed by atoms with Crippen molar-refractivity contribution >= 4 is 5.91 Å². The smallest absolute Gasteiger partial charge is 0.246 e. The molecule has 1 N–H and O–H groups in total. The third-order valence-corrected chi connectivity index (χ3v) is 8.63. The lowest BCUT2D eigenvalue weighted by molar-refractivity contribution is -0.156. The fraction of sp³-hybridized carbons (Fsp3) is 0.850.